The summed E-state index contributed by atoms with van der Waals surface area (Å²) >= 11 is 5.14. The maximum Gasteiger partial charge on any atom is 0.137 e. The molecule has 1 aromatic carbocycles. The molecule has 0 aliphatic rings. The Balaban J connectivity index is 2.57. The molecule has 0 aliphatic carbocycles. The largest absolute Gasteiger partial charge is 0.307 e. The second kappa shape index (κ2) is 7.39. The van der Waals surface area contributed by atoms with Crippen molar-refractivity contribution < 1.29 is 4.39 Å². The van der Waals surface area contributed by atoms with E-state index in [0.717, 1.165) is 17.1 Å². The standard InChI is InChI=1S/C13H19BrFNS/c1-4-17-8-9(2)16-10(3)11-5-6-13(15)12(14)7-11/h5-7,9-10,16H,4,8H2,1-3H3. The molecule has 0 saturated carbocycles. The van der Waals surface area contributed by atoms with Gasteiger partial charge in [0.1, 0.15) is 5.82 Å². The summed E-state index contributed by atoms with van der Waals surface area (Å²) in [5, 5.41) is 3.51. The maximum absolute atomic E-state index is 13.1. The maximum atomic E-state index is 13.1. The summed E-state index contributed by atoms with van der Waals surface area (Å²) in [6, 6.07) is 5.87. The van der Waals surface area contributed by atoms with Crippen molar-refractivity contribution in [2.24, 2.45) is 0 Å². The fourth-order valence-corrected chi connectivity index (χ4v) is 2.73. The van der Waals surface area contributed by atoms with Gasteiger partial charge in [0.15, 0.2) is 0 Å². The zero-order valence-corrected chi connectivity index (χ0v) is 12.9. The molecule has 0 spiro atoms. The quantitative estimate of drug-likeness (QED) is 0.835. The van der Waals surface area contributed by atoms with E-state index >= 15 is 0 Å². The van der Waals surface area contributed by atoms with E-state index in [-0.39, 0.29) is 11.9 Å². The van der Waals surface area contributed by atoms with Crippen molar-refractivity contribution in [3.8, 4) is 0 Å². The van der Waals surface area contributed by atoms with Crippen LogP contribution in [-0.2, 0) is 0 Å². The van der Waals surface area contributed by atoms with Gasteiger partial charge >= 0.3 is 0 Å². The van der Waals surface area contributed by atoms with Crippen LogP contribution >= 0.6 is 27.7 Å². The predicted molar refractivity (Wildman–Crippen MR) is 78.1 cm³/mol. The molecular formula is C13H19BrFNS. The highest BCUT2D eigenvalue weighted by atomic mass is 79.9. The Labute approximate surface area is 116 Å². The van der Waals surface area contributed by atoms with Crippen LogP contribution in [0.15, 0.2) is 22.7 Å². The van der Waals surface area contributed by atoms with Crippen LogP contribution in [0.4, 0.5) is 4.39 Å². The molecule has 0 aromatic heterocycles. The number of halogens is 2. The lowest BCUT2D eigenvalue weighted by Gasteiger charge is -2.20. The molecule has 0 heterocycles. The van der Waals surface area contributed by atoms with E-state index in [1.54, 1.807) is 0 Å². The molecule has 0 amide bonds. The molecule has 0 bridgehead atoms. The van der Waals surface area contributed by atoms with Crippen LogP contribution in [0.25, 0.3) is 0 Å². The van der Waals surface area contributed by atoms with Gasteiger partial charge < -0.3 is 5.32 Å². The van der Waals surface area contributed by atoms with Crippen molar-refractivity contribution in [3.63, 3.8) is 0 Å². The average molecular weight is 320 g/mol. The summed E-state index contributed by atoms with van der Waals surface area (Å²) < 4.78 is 13.6. The number of hydrogen-bond acceptors (Lipinski definition) is 2. The van der Waals surface area contributed by atoms with E-state index < -0.39 is 0 Å². The molecule has 4 heteroatoms. The molecule has 17 heavy (non-hydrogen) atoms. The first-order valence-electron chi connectivity index (χ1n) is 5.83. The molecule has 1 nitrogen and oxygen atoms in total. The summed E-state index contributed by atoms with van der Waals surface area (Å²) in [4.78, 5) is 0. The fourth-order valence-electron chi connectivity index (χ4n) is 1.65. The molecule has 2 unspecified atom stereocenters. The molecular weight excluding hydrogens is 301 g/mol. The van der Waals surface area contributed by atoms with Gasteiger partial charge in [0, 0.05) is 17.8 Å². The minimum Gasteiger partial charge on any atom is -0.307 e. The lowest BCUT2D eigenvalue weighted by molar-refractivity contribution is 0.510. The first-order valence-corrected chi connectivity index (χ1v) is 7.78. The van der Waals surface area contributed by atoms with Crippen molar-refractivity contribution in [2.75, 3.05) is 11.5 Å². The first kappa shape index (κ1) is 15.0. The molecule has 96 valence electrons. The van der Waals surface area contributed by atoms with Crippen molar-refractivity contribution >= 4 is 27.7 Å². The topological polar surface area (TPSA) is 12.0 Å². The Morgan fingerprint density at radius 1 is 1.41 bits per heavy atom. The molecule has 0 radical (unpaired) electrons. The second-order valence-electron chi connectivity index (χ2n) is 4.12. The predicted octanol–water partition coefficient (Wildman–Crippen LogP) is 4.38. The number of thioether (sulfide) groups is 1. The van der Waals surface area contributed by atoms with Gasteiger partial charge in [0.25, 0.3) is 0 Å². The Morgan fingerprint density at radius 2 is 2.12 bits per heavy atom. The summed E-state index contributed by atoms with van der Waals surface area (Å²) in [6.07, 6.45) is 0. The van der Waals surface area contributed by atoms with E-state index in [0.29, 0.717) is 10.5 Å². The van der Waals surface area contributed by atoms with Gasteiger partial charge in [-0.1, -0.05) is 13.0 Å². The average Bonchev–Trinajstić information content (AvgIpc) is 2.30. The lowest BCUT2D eigenvalue weighted by atomic mass is 10.1. The smallest absolute Gasteiger partial charge is 0.137 e. The highest BCUT2D eigenvalue weighted by molar-refractivity contribution is 9.10. The van der Waals surface area contributed by atoms with Gasteiger partial charge in [0.2, 0.25) is 0 Å². The lowest BCUT2D eigenvalue weighted by Crippen LogP contribution is -2.30. The van der Waals surface area contributed by atoms with E-state index in [1.165, 1.54) is 6.07 Å². The van der Waals surface area contributed by atoms with Crippen LogP contribution in [0.2, 0.25) is 0 Å². The molecule has 0 fully saturated rings. The Hall–Kier alpha value is -0.0600. The molecule has 0 saturated heterocycles. The summed E-state index contributed by atoms with van der Waals surface area (Å²) in [7, 11) is 0. The van der Waals surface area contributed by atoms with Gasteiger partial charge in [-0.3, -0.25) is 0 Å². The SMILES string of the molecule is CCSCC(C)NC(C)c1ccc(F)c(Br)c1. The van der Waals surface area contributed by atoms with Crippen molar-refractivity contribution in [2.45, 2.75) is 32.9 Å². The van der Waals surface area contributed by atoms with Crippen LogP contribution in [0.1, 0.15) is 32.4 Å². The molecule has 0 aliphatic heterocycles. The number of rotatable bonds is 6. The van der Waals surface area contributed by atoms with Gasteiger partial charge in [-0.05, 0) is 53.2 Å². The van der Waals surface area contributed by atoms with E-state index in [2.05, 4.69) is 42.0 Å². The van der Waals surface area contributed by atoms with Gasteiger partial charge in [0.05, 0.1) is 4.47 Å². The highest BCUT2D eigenvalue weighted by Crippen LogP contribution is 2.21. The van der Waals surface area contributed by atoms with Crippen LogP contribution in [0.5, 0.6) is 0 Å². The summed E-state index contributed by atoms with van der Waals surface area (Å²) in [5.41, 5.74) is 1.10. The monoisotopic (exact) mass is 319 g/mol. The highest BCUT2D eigenvalue weighted by Gasteiger charge is 2.10. The van der Waals surface area contributed by atoms with E-state index in [4.69, 9.17) is 0 Å². The van der Waals surface area contributed by atoms with Gasteiger partial charge in [-0.2, -0.15) is 11.8 Å². The van der Waals surface area contributed by atoms with Crippen LogP contribution < -0.4 is 5.32 Å². The Kier molecular flexibility index (Phi) is 6.52. The van der Waals surface area contributed by atoms with Gasteiger partial charge in [-0.15, -0.1) is 0 Å². The third kappa shape index (κ3) is 4.98. The second-order valence-corrected chi connectivity index (χ2v) is 6.30. The number of benzene rings is 1. The van der Waals surface area contributed by atoms with Crippen molar-refractivity contribution in [1.82, 2.24) is 5.32 Å². The van der Waals surface area contributed by atoms with Gasteiger partial charge in [-0.25, -0.2) is 4.39 Å². The molecule has 1 rings (SSSR count). The third-order valence-corrected chi connectivity index (χ3v) is 4.30. The molecule has 2 atom stereocenters. The van der Waals surface area contributed by atoms with E-state index in [1.807, 2.05) is 23.9 Å². The number of nitrogens with one attached hydrogen (secondary N) is 1. The zero-order chi connectivity index (χ0) is 12.8. The Morgan fingerprint density at radius 3 is 2.71 bits per heavy atom. The number of hydrogen-bond donors (Lipinski definition) is 1. The van der Waals surface area contributed by atoms with Crippen LogP contribution in [0.3, 0.4) is 0 Å². The minimum absolute atomic E-state index is 0.212. The summed E-state index contributed by atoms with van der Waals surface area (Å²) in [6.45, 7) is 6.45. The first-order chi connectivity index (χ1) is 8.04. The van der Waals surface area contributed by atoms with E-state index in [9.17, 15) is 4.39 Å². The fraction of sp³-hybridized carbons (Fsp3) is 0.538. The zero-order valence-electron chi connectivity index (χ0n) is 10.5. The Bertz CT molecular complexity index is 359. The normalized spacial score (nSPS) is 14.6. The van der Waals surface area contributed by atoms with Crippen LogP contribution in [-0.4, -0.2) is 17.5 Å². The molecule has 1 aromatic rings. The van der Waals surface area contributed by atoms with Crippen molar-refractivity contribution in [3.05, 3.63) is 34.1 Å². The summed E-state index contributed by atoms with van der Waals surface area (Å²) in [5.74, 6) is 2.03. The van der Waals surface area contributed by atoms with Crippen molar-refractivity contribution in [1.29, 1.82) is 0 Å². The molecule has 1 N–H and O–H groups in total. The third-order valence-electron chi connectivity index (χ3n) is 2.55. The van der Waals surface area contributed by atoms with Crippen LogP contribution in [0, 0.1) is 5.82 Å². The minimum atomic E-state index is -0.212.